The molecule has 0 saturated carbocycles. The fourth-order valence-corrected chi connectivity index (χ4v) is 4.64. The number of rotatable bonds is 5. The van der Waals surface area contributed by atoms with E-state index >= 15 is 0 Å². The Kier molecular flexibility index (Phi) is 6.70. The van der Waals surface area contributed by atoms with Gasteiger partial charge in [-0.2, -0.15) is 0 Å². The maximum absolute atomic E-state index is 12.5. The van der Waals surface area contributed by atoms with Crippen molar-refractivity contribution in [2.24, 2.45) is 0 Å². The molecule has 1 aromatic rings. The highest BCUT2D eigenvalue weighted by molar-refractivity contribution is 9.11. The molecule has 2 amide bonds. The molecule has 1 aromatic carbocycles. The predicted molar refractivity (Wildman–Crippen MR) is 102 cm³/mol. The van der Waals surface area contributed by atoms with Crippen molar-refractivity contribution >= 4 is 66.8 Å². The first-order valence-corrected chi connectivity index (χ1v) is 9.67. The number of hydrogen-bond donors (Lipinski definition) is 0. The molecule has 1 fully saturated rings. The van der Waals surface area contributed by atoms with Crippen LogP contribution < -0.4 is 4.74 Å². The zero-order valence-electron chi connectivity index (χ0n) is 13.7. The number of halogens is 2. The van der Waals surface area contributed by atoms with Crippen molar-refractivity contribution < 1.29 is 23.9 Å². The minimum Gasteiger partial charge on any atom is -0.494 e. The van der Waals surface area contributed by atoms with Gasteiger partial charge in [-0.15, -0.1) is 0 Å². The van der Waals surface area contributed by atoms with Crippen LogP contribution >= 0.6 is 43.6 Å². The summed E-state index contributed by atoms with van der Waals surface area (Å²) >= 11 is 7.57. The summed E-state index contributed by atoms with van der Waals surface area (Å²) in [6, 6.07) is 2.58. The lowest BCUT2D eigenvalue weighted by Gasteiger charge is -2.19. The molecule has 0 unspecified atom stereocenters. The standard InChI is InChI=1S/C16H15Br2NO5S/c1-4-24-15(21)8(2)19-14(20)12(25-16(19)22)7-9-5-10(17)13(23-3)11(18)6-9/h5-8H,4H2,1-3H3/b12-7+/t8-/m0/s1. The molecule has 0 radical (unpaired) electrons. The number of ether oxygens (including phenoxy) is 2. The van der Waals surface area contributed by atoms with Crippen LogP contribution in [0, 0.1) is 0 Å². The van der Waals surface area contributed by atoms with Gasteiger partial charge in [0.2, 0.25) is 0 Å². The van der Waals surface area contributed by atoms with Gasteiger partial charge in [-0.3, -0.25) is 14.5 Å². The van der Waals surface area contributed by atoms with Gasteiger partial charge in [0.25, 0.3) is 11.1 Å². The van der Waals surface area contributed by atoms with Gasteiger partial charge in [-0.1, -0.05) is 0 Å². The van der Waals surface area contributed by atoms with Crippen LogP contribution in [0.4, 0.5) is 4.79 Å². The molecule has 1 atom stereocenters. The number of carbonyl (C=O) groups is 3. The molecular formula is C16H15Br2NO5S. The lowest BCUT2D eigenvalue weighted by Crippen LogP contribution is -2.42. The Morgan fingerprint density at radius 1 is 1.32 bits per heavy atom. The molecule has 25 heavy (non-hydrogen) atoms. The quantitative estimate of drug-likeness (QED) is 0.453. The molecule has 0 aromatic heterocycles. The Morgan fingerprint density at radius 2 is 1.92 bits per heavy atom. The van der Waals surface area contributed by atoms with Gasteiger partial charge in [0, 0.05) is 0 Å². The van der Waals surface area contributed by atoms with Crippen LogP contribution in [0.3, 0.4) is 0 Å². The molecule has 1 aliphatic heterocycles. The predicted octanol–water partition coefficient (Wildman–Crippen LogP) is 4.21. The van der Waals surface area contributed by atoms with E-state index in [4.69, 9.17) is 9.47 Å². The first-order valence-electron chi connectivity index (χ1n) is 7.26. The van der Waals surface area contributed by atoms with Crippen LogP contribution in [-0.2, 0) is 14.3 Å². The third-order valence-electron chi connectivity index (χ3n) is 3.36. The lowest BCUT2D eigenvalue weighted by molar-refractivity contribution is -0.150. The fourth-order valence-electron chi connectivity index (χ4n) is 2.19. The van der Waals surface area contributed by atoms with Crippen molar-refractivity contribution in [2.75, 3.05) is 13.7 Å². The summed E-state index contributed by atoms with van der Waals surface area (Å²) in [5.41, 5.74) is 0.703. The third-order valence-corrected chi connectivity index (χ3v) is 5.42. The second-order valence-corrected chi connectivity index (χ2v) is 7.70. The molecule has 0 bridgehead atoms. The maximum Gasteiger partial charge on any atom is 0.329 e. The van der Waals surface area contributed by atoms with E-state index in [1.807, 2.05) is 0 Å². The minimum atomic E-state index is -0.965. The van der Waals surface area contributed by atoms with E-state index < -0.39 is 23.2 Å². The van der Waals surface area contributed by atoms with Crippen molar-refractivity contribution in [1.82, 2.24) is 4.90 Å². The normalized spacial score (nSPS) is 17.2. The summed E-state index contributed by atoms with van der Waals surface area (Å²) in [5.74, 6) is -0.499. The second kappa shape index (κ2) is 8.37. The molecule has 0 aliphatic carbocycles. The monoisotopic (exact) mass is 491 g/mol. The van der Waals surface area contributed by atoms with Crippen LogP contribution in [-0.4, -0.2) is 41.8 Å². The molecule has 9 heteroatoms. The maximum atomic E-state index is 12.5. The van der Waals surface area contributed by atoms with Crippen LogP contribution in [0.2, 0.25) is 0 Å². The molecule has 134 valence electrons. The smallest absolute Gasteiger partial charge is 0.329 e. The van der Waals surface area contributed by atoms with Crippen LogP contribution in [0.5, 0.6) is 5.75 Å². The van der Waals surface area contributed by atoms with E-state index in [9.17, 15) is 14.4 Å². The van der Waals surface area contributed by atoms with Gasteiger partial charge in [-0.25, -0.2) is 4.79 Å². The Hall–Kier alpha value is -1.32. The largest absolute Gasteiger partial charge is 0.494 e. The van der Waals surface area contributed by atoms with Gasteiger partial charge in [-0.05, 0) is 81.2 Å². The summed E-state index contributed by atoms with van der Waals surface area (Å²) in [5, 5.41) is -0.497. The Bertz CT molecular complexity index is 742. The number of nitrogens with zero attached hydrogens (tertiary/aromatic N) is 1. The highest BCUT2D eigenvalue weighted by Crippen LogP contribution is 2.38. The average molecular weight is 493 g/mol. The van der Waals surface area contributed by atoms with Crippen molar-refractivity contribution in [3.63, 3.8) is 0 Å². The number of carbonyl (C=O) groups excluding carboxylic acids is 3. The molecule has 1 aliphatic rings. The molecule has 0 spiro atoms. The first-order chi connectivity index (χ1) is 11.8. The number of esters is 1. The first kappa shape index (κ1) is 20.0. The minimum absolute atomic E-state index is 0.184. The summed E-state index contributed by atoms with van der Waals surface area (Å²) in [7, 11) is 1.55. The number of methoxy groups -OCH3 is 1. The highest BCUT2D eigenvalue weighted by Gasteiger charge is 2.41. The van der Waals surface area contributed by atoms with Gasteiger partial charge < -0.3 is 9.47 Å². The van der Waals surface area contributed by atoms with E-state index in [2.05, 4.69) is 31.9 Å². The molecule has 0 N–H and O–H groups in total. The van der Waals surface area contributed by atoms with E-state index in [0.717, 1.165) is 16.7 Å². The Morgan fingerprint density at radius 3 is 2.44 bits per heavy atom. The van der Waals surface area contributed by atoms with Crippen LogP contribution in [0.1, 0.15) is 19.4 Å². The van der Waals surface area contributed by atoms with Crippen LogP contribution in [0.15, 0.2) is 26.0 Å². The Balaban J connectivity index is 2.30. The number of benzene rings is 1. The zero-order valence-corrected chi connectivity index (χ0v) is 17.7. The summed E-state index contributed by atoms with van der Waals surface area (Å²) in [6.45, 7) is 3.32. The molecule has 1 saturated heterocycles. The molecular weight excluding hydrogens is 478 g/mol. The average Bonchev–Trinajstić information content (AvgIpc) is 2.80. The second-order valence-electron chi connectivity index (χ2n) is 5.00. The summed E-state index contributed by atoms with van der Waals surface area (Å²) < 4.78 is 11.5. The van der Waals surface area contributed by atoms with Crippen molar-refractivity contribution in [3.8, 4) is 5.75 Å². The van der Waals surface area contributed by atoms with Crippen molar-refractivity contribution in [3.05, 3.63) is 31.5 Å². The van der Waals surface area contributed by atoms with Gasteiger partial charge in [0.15, 0.2) is 0 Å². The van der Waals surface area contributed by atoms with Gasteiger partial charge in [0.1, 0.15) is 11.8 Å². The number of amides is 2. The number of imide groups is 1. The number of hydrogen-bond acceptors (Lipinski definition) is 6. The topological polar surface area (TPSA) is 72.9 Å². The van der Waals surface area contributed by atoms with Gasteiger partial charge >= 0.3 is 5.97 Å². The summed E-state index contributed by atoms with van der Waals surface area (Å²) in [6.07, 6.45) is 1.59. The van der Waals surface area contributed by atoms with Crippen molar-refractivity contribution in [2.45, 2.75) is 19.9 Å². The van der Waals surface area contributed by atoms with Crippen LogP contribution in [0.25, 0.3) is 6.08 Å². The third kappa shape index (κ3) is 4.27. The number of thioether (sulfide) groups is 1. The fraction of sp³-hybridized carbons (Fsp3) is 0.312. The van der Waals surface area contributed by atoms with Crippen molar-refractivity contribution in [1.29, 1.82) is 0 Å². The SMILES string of the molecule is CCOC(=O)[C@H](C)N1C(=O)S/C(=C/c2cc(Br)c(OC)c(Br)c2)C1=O. The molecule has 1 heterocycles. The van der Waals surface area contributed by atoms with E-state index in [1.54, 1.807) is 32.2 Å². The molecule has 6 nitrogen and oxygen atoms in total. The summed E-state index contributed by atoms with van der Waals surface area (Å²) in [4.78, 5) is 37.7. The van der Waals surface area contributed by atoms with E-state index in [1.165, 1.54) is 6.92 Å². The highest BCUT2D eigenvalue weighted by atomic mass is 79.9. The zero-order chi connectivity index (χ0) is 18.7. The molecule has 2 rings (SSSR count). The van der Waals surface area contributed by atoms with E-state index in [-0.39, 0.29) is 11.5 Å². The van der Waals surface area contributed by atoms with E-state index in [0.29, 0.717) is 20.3 Å². The van der Waals surface area contributed by atoms with Gasteiger partial charge in [0.05, 0.1) is 27.6 Å². The Labute approximate surface area is 166 Å². The lowest BCUT2D eigenvalue weighted by atomic mass is 10.2.